The number of hydrogen-bond acceptors (Lipinski definition) is 2. The van der Waals surface area contributed by atoms with Gasteiger partial charge in [0.05, 0.1) is 10.6 Å². The highest BCUT2D eigenvalue weighted by Crippen LogP contribution is 2.24. The van der Waals surface area contributed by atoms with Crippen molar-refractivity contribution in [2.75, 3.05) is 4.31 Å². The van der Waals surface area contributed by atoms with Gasteiger partial charge in [-0.2, -0.15) is 0 Å². The number of amides is 1. The second kappa shape index (κ2) is 7.03. The van der Waals surface area contributed by atoms with Crippen molar-refractivity contribution in [3.8, 4) is 0 Å². The summed E-state index contributed by atoms with van der Waals surface area (Å²) in [6.07, 6.45) is 0. The van der Waals surface area contributed by atoms with Gasteiger partial charge in [0.15, 0.2) is 11.0 Å². The van der Waals surface area contributed by atoms with Crippen molar-refractivity contribution < 1.29 is 9.00 Å². The summed E-state index contributed by atoms with van der Waals surface area (Å²) < 4.78 is 15.0. The van der Waals surface area contributed by atoms with Crippen LogP contribution < -0.4 is 4.31 Å². The van der Waals surface area contributed by atoms with Crippen LogP contribution in [-0.2, 0) is 15.8 Å². The third-order valence-electron chi connectivity index (χ3n) is 3.00. The summed E-state index contributed by atoms with van der Waals surface area (Å²) in [5.41, 5.74) is 1.97. The van der Waals surface area contributed by atoms with Crippen molar-refractivity contribution in [1.29, 1.82) is 0 Å². The Labute approximate surface area is 141 Å². The molecule has 22 heavy (non-hydrogen) atoms. The van der Waals surface area contributed by atoms with E-state index in [1.807, 2.05) is 19.1 Å². The lowest BCUT2D eigenvalue weighted by Gasteiger charge is -2.21. The van der Waals surface area contributed by atoms with Crippen LogP contribution >= 0.6 is 15.9 Å². The van der Waals surface area contributed by atoms with Gasteiger partial charge in [-0.25, -0.2) is 8.51 Å². The van der Waals surface area contributed by atoms with Gasteiger partial charge in [0, 0.05) is 10.0 Å². The Morgan fingerprint density at radius 1 is 1.09 bits per heavy atom. The molecule has 0 aliphatic carbocycles. The van der Waals surface area contributed by atoms with Crippen molar-refractivity contribution in [2.45, 2.75) is 18.7 Å². The Balaban J connectivity index is 2.46. The maximum absolute atomic E-state index is 12.9. The first-order chi connectivity index (χ1) is 10.4. The lowest BCUT2D eigenvalue weighted by Crippen LogP contribution is -2.33. The molecule has 0 bridgehead atoms. The van der Waals surface area contributed by atoms with Gasteiger partial charge >= 0.3 is 0 Å². The number of hydrogen-bond donors (Lipinski definition) is 0. The van der Waals surface area contributed by atoms with E-state index in [-0.39, 0.29) is 5.91 Å². The highest BCUT2D eigenvalue weighted by atomic mass is 79.9. The quantitative estimate of drug-likeness (QED) is 0.740. The topological polar surface area (TPSA) is 37.4 Å². The zero-order valence-electron chi connectivity index (χ0n) is 12.4. The van der Waals surface area contributed by atoms with Crippen molar-refractivity contribution in [3.63, 3.8) is 0 Å². The average Bonchev–Trinajstić information content (AvgIpc) is 2.49. The Morgan fingerprint density at radius 2 is 1.64 bits per heavy atom. The number of rotatable bonds is 4. The molecule has 1 atom stereocenters. The standard InChI is InChI=1S/C17H16BrNO2S/c1-12(2)17(20)19(15-8-6-14(18)7-9-15)22(21)16-10-4-13(3)5-11-16/h4-11H,1H2,2-3H3/t22-/m0/s1. The minimum Gasteiger partial charge on any atom is -0.268 e. The van der Waals surface area contributed by atoms with Crippen LogP contribution in [0.5, 0.6) is 0 Å². The van der Waals surface area contributed by atoms with Crippen LogP contribution in [0, 0.1) is 6.92 Å². The largest absolute Gasteiger partial charge is 0.268 e. The van der Waals surface area contributed by atoms with Gasteiger partial charge in [0.2, 0.25) is 0 Å². The first-order valence-corrected chi connectivity index (χ1v) is 8.54. The first kappa shape index (κ1) is 16.6. The highest BCUT2D eigenvalue weighted by molar-refractivity contribution is 9.10. The number of anilines is 1. The Morgan fingerprint density at radius 3 is 2.14 bits per heavy atom. The first-order valence-electron chi connectivity index (χ1n) is 6.64. The fourth-order valence-corrected chi connectivity index (χ4v) is 3.26. The fraction of sp³-hybridized carbons (Fsp3) is 0.118. The summed E-state index contributed by atoms with van der Waals surface area (Å²) in [7, 11) is -1.63. The molecule has 0 fully saturated rings. The molecular formula is C17H16BrNO2S. The van der Waals surface area contributed by atoms with E-state index in [2.05, 4.69) is 22.5 Å². The highest BCUT2D eigenvalue weighted by Gasteiger charge is 2.24. The minimum absolute atomic E-state index is 0.336. The predicted octanol–water partition coefficient (Wildman–Crippen LogP) is 4.39. The lowest BCUT2D eigenvalue weighted by atomic mass is 10.2. The molecule has 2 aromatic carbocycles. The molecule has 0 aliphatic heterocycles. The summed E-state index contributed by atoms with van der Waals surface area (Å²) in [6, 6.07) is 14.4. The van der Waals surface area contributed by atoms with Crippen LogP contribution in [0.25, 0.3) is 0 Å². The number of benzene rings is 2. The van der Waals surface area contributed by atoms with Gasteiger partial charge in [-0.3, -0.25) is 4.79 Å². The van der Waals surface area contributed by atoms with Crippen LogP contribution in [0.15, 0.2) is 70.1 Å². The summed E-state index contributed by atoms with van der Waals surface area (Å²) in [5.74, 6) is -0.360. The van der Waals surface area contributed by atoms with E-state index < -0.39 is 11.0 Å². The normalized spacial score (nSPS) is 11.8. The van der Waals surface area contributed by atoms with Gasteiger partial charge in [-0.1, -0.05) is 40.2 Å². The zero-order chi connectivity index (χ0) is 16.3. The van der Waals surface area contributed by atoms with E-state index in [0.29, 0.717) is 16.2 Å². The van der Waals surface area contributed by atoms with E-state index in [1.54, 1.807) is 43.3 Å². The third-order valence-corrected chi connectivity index (χ3v) is 4.91. The second-order valence-electron chi connectivity index (χ2n) is 4.92. The van der Waals surface area contributed by atoms with E-state index in [1.165, 1.54) is 4.31 Å². The van der Waals surface area contributed by atoms with E-state index in [9.17, 15) is 9.00 Å². The Hall–Kier alpha value is -1.72. The molecule has 0 unspecified atom stereocenters. The maximum Gasteiger partial charge on any atom is 0.265 e. The molecule has 0 aromatic heterocycles. The van der Waals surface area contributed by atoms with E-state index >= 15 is 0 Å². The Kier molecular flexibility index (Phi) is 5.32. The van der Waals surface area contributed by atoms with Crippen LogP contribution in [0.4, 0.5) is 5.69 Å². The predicted molar refractivity (Wildman–Crippen MR) is 94.0 cm³/mol. The molecule has 2 rings (SSSR count). The third kappa shape index (κ3) is 3.72. The molecule has 0 aliphatic rings. The molecule has 2 aromatic rings. The van der Waals surface area contributed by atoms with Gasteiger partial charge in [-0.15, -0.1) is 0 Å². The van der Waals surface area contributed by atoms with Crippen molar-refractivity contribution in [1.82, 2.24) is 0 Å². The van der Waals surface area contributed by atoms with Gasteiger partial charge in [-0.05, 0) is 50.2 Å². The fourth-order valence-electron chi connectivity index (χ4n) is 1.80. The number of aryl methyl sites for hydroxylation is 1. The maximum atomic E-state index is 12.9. The molecule has 0 spiro atoms. The molecular weight excluding hydrogens is 362 g/mol. The van der Waals surface area contributed by atoms with Gasteiger partial charge in [0.1, 0.15) is 0 Å². The SMILES string of the molecule is C=C(C)C(=O)N(c1ccc(Br)cc1)[S@@](=O)c1ccc(C)cc1. The molecule has 0 radical (unpaired) electrons. The summed E-state index contributed by atoms with van der Waals surface area (Å²) in [6.45, 7) is 7.24. The zero-order valence-corrected chi connectivity index (χ0v) is 14.8. The molecule has 114 valence electrons. The summed E-state index contributed by atoms with van der Waals surface area (Å²) in [4.78, 5) is 13.0. The molecule has 1 amide bonds. The van der Waals surface area contributed by atoms with Crippen LogP contribution in [0.2, 0.25) is 0 Å². The molecule has 3 nitrogen and oxygen atoms in total. The molecule has 5 heteroatoms. The smallest absolute Gasteiger partial charge is 0.265 e. The summed E-state index contributed by atoms with van der Waals surface area (Å²) in [5, 5.41) is 0. The molecule has 0 heterocycles. The summed E-state index contributed by atoms with van der Waals surface area (Å²) >= 11 is 3.35. The molecule has 0 saturated heterocycles. The van der Waals surface area contributed by atoms with E-state index in [4.69, 9.17) is 0 Å². The van der Waals surface area contributed by atoms with Crippen molar-refractivity contribution >= 4 is 38.5 Å². The number of carbonyl (C=O) groups excluding carboxylic acids is 1. The molecule has 0 saturated carbocycles. The molecule has 0 N–H and O–H groups in total. The van der Waals surface area contributed by atoms with Gasteiger partial charge < -0.3 is 0 Å². The number of carbonyl (C=O) groups is 1. The number of nitrogens with zero attached hydrogens (tertiary/aromatic N) is 1. The van der Waals surface area contributed by atoms with Crippen molar-refractivity contribution in [2.24, 2.45) is 0 Å². The lowest BCUT2D eigenvalue weighted by molar-refractivity contribution is -0.113. The van der Waals surface area contributed by atoms with Crippen LogP contribution in [0.3, 0.4) is 0 Å². The number of halogens is 1. The second-order valence-corrected chi connectivity index (χ2v) is 7.17. The Bertz CT molecular complexity index is 723. The monoisotopic (exact) mass is 377 g/mol. The van der Waals surface area contributed by atoms with Gasteiger partial charge in [0.25, 0.3) is 5.91 Å². The van der Waals surface area contributed by atoms with Crippen LogP contribution in [-0.4, -0.2) is 10.1 Å². The van der Waals surface area contributed by atoms with Crippen LogP contribution in [0.1, 0.15) is 12.5 Å². The van der Waals surface area contributed by atoms with E-state index in [0.717, 1.165) is 10.0 Å². The average molecular weight is 378 g/mol. The van der Waals surface area contributed by atoms with Crippen molar-refractivity contribution in [3.05, 3.63) is 70.7 Å². The minimum atomic E-state index is -1.63.